The fourth-order valence-electron chi connectivity index (χ4n) is 2.86. The molecule has 108 valence electrons. The molecule has 4 heteroatoms. The van der Waals surface area contributed by atoms with Gasteiger partial charge in [-0.1, -0.05) is 36.7 Å². The van der Waals surface area contributed by atoms with E-state index < -0.39 is 0 Å². The summed E-state index contributed by atoms with van der Waals surface area (Å²) < 4.78 is 5.76. The van der Waals surface area contributed by atoms with Crippen molar-refractivity contribution in [2.24, 2.45) is 4.99 Å². The van der Waals surface area contributed by atoms with E-state index in [0.29, 0.717) is 12.1 Å². The molecule has 0 saturated heterocycles. The molecular weight excluding hydrogens is 268 g/mol. The Hall–Kier alpha value is -1.16. The Morgan fingerprint density at radius 2 is 2.25 bits per heavy atom. The smallest absolute Gasteiger partial charge is 0.157 e. The normalized spacial score (nSPS) is 24.8. The molecule has 0 spiro atoms. The van der Waals surface area contributed by atoms with Gasteiger partial charge in [-0.2, -0.15) is 0 Å². The van der Waals surface area contributed by atoms with Gasteiger partial charge in [0.25, 0.3) is 0 Å². The van der Waals surface area contributed by atoms with Crippen molar-refractivity contribution in [3.05, 3.63) is 29.8 Å². The predicted molar refractivity (Wildman–Crippen MR) is 85.7 cm³/mol. The van der Waals surface area contributed by atoms with Crippen LogP contribution in [0, 0.1) is 6.92 Å². The van der Waals surface area contributed by atoms with Gasteiger partial charge in [-0.15, -0.1) is 0 Å². The van der Waals surface area contributed by atoms with Gasteiger partial charge in [0, 0.05) is 5.75 Å². The maximum atomic E-state index is 5.76. The number of ether oxygens (including phenoxy) is 1. The minimum atomic E-state index is 0.531. The summed E-state index contributed by atoms with van der Waals surface area (Å²) in [6.45, 7) is 2.81. The molecule has 1 fully saturated rings. The zero-order chi connectivity index (χ0) is 13.8. The van der Waals surface area contributed by atoms with E-state index in [1.54, 1.807) is 11.8 Å². The second kappa shape index (κ2) is 6.53. The number of aliphatic imine (C=N–C) groups is 1. The standard InChI is InChI=1S/C16H22N2OS/c1-12-5-4-6-13(11-12)19-9-10-20-16-17-14-7-2-3-8-15(14)18-16/h4-6,11,14-15H,2-3,7-10H2,1H3,(H,17,18)/t14-,15+. The topological polar surface area (TPSA) is 33.6 Å². The molecule has 20 heavy (non-hydrogen) atoms. The molecule has 1 aliphatic carbocycles. The Balaban J connectivity index is 1.40. The Morgan fingerprint density at radius 1 is 1.35 bits per heavy atom. The number of hydrogen-bond donors (Lipinski definition) is 1. The summed E-state index contributed by atoms with van der Waals surface area (Å²) in [5, 5.41) is 4.68. The van der Waals surface area contributed by atoms with Gasteiger partial charge < -0.3 is 10.1 Å². The first-order valence-electron chi connectivity index (χ1n) is 7.48. The molecule has 1 aromatic rings. The lowest BCUT2D eigenvalue weighted by Gasteiger charge is -2.23. The molecule has 0 bridgehead atoms. The fraction of sp³-hybridized carbons (Fsp3) is 0.562. The first-order chi connectivity index (χ1) is 9.81. The zero-order valence-corrected chi connectivity index (χ0v) is 12.8. The average molecular weight is 290 g/mol. The Kier molecular flexibility index (Phi) is 4.51. The monoisotopic (exact) mass is 290 g/mol. The largest absolute Gasteiger partial charge is 0.493 e. The summed E-state index contributed by atoms with van der Waals surface area (Å²) >= 11 is 1.79. The van der Waals surface area contributed by atoms with E-state index in [1.807, 2.05) is 12.1 Å². The second-order valence-electron chi connectivity index (χ2n) is 5.55. The molecule has 1 saturated carbocycles. The number of amidine groups is 1. The van der Waals surface area contributed by atoms with Gasteiger partial charge in [0.1, 0.15) is 5.75 Å². The van der Waals surface area contributed by atoms with Crippen LogP contribution < -0.4 is 10.1 Å². The minimum absolute atomic E-state index is 0.531. The fourth-order valence-corrected chi connectivity index (χ4v) is 3.67. The Bertz CT molecular complexity index is 489. The van der Waals surface area contributed by atoms with Crippen LogP contribution in [0.15, 0.2) is 29.3 Å². The van der Waals surface area contributed by atoms with E-state index in [2.05, 4.69) is 24.4 Å². The SMILES string of the molecule is Cc1cccc(OCCSC2=N[C@H]3CCCC[C@H]3N2)c1. The summed E-state index contributed by atoms with van der Waals surface area (Å²) in [5.41, 5.74) is 1.24. The number of rotatable bonds is 4. The molecule has 1 heterocycles. The van der Waals surface area contributed by atoms with Crippen LogP contribution in [0.2, 0.25) is 0 Å². The van der Waals surface area contributed by atoms with Crippen LogP contribution in [0.25, 0.3) is 0 Å². The molecular formula is C16H22N2OS. The van der Waals surface area contributed by atoms with Gasteiger partial charge >= 0.3 is 0 Å². The highest BCUT2D eigenvalue weighted by molar-refractivity contribution is 8.13. The van der Waals surface area contributed by atoms with E-state index in [0.717, 1.165) is 23.3 Å². The van der Waals surface area contributed by atoms with Gasteiger partial charge in [0.15, 0.2) is 5.17 Å². The van der Waals surface area contributed by atoms with Gasteiger partial charge in [-0.25, -0.2) is 0 Å². The molecule has 0 aromatic heterocycles. The lowest BCUT2D eigenvalue weighted by Crippen LogP contribution is -2.36. The Labute approximate surface area is 125 Å². The summed E-state index contributed by atoms with van der Waals surface area (Å²) in [6.07, 6.45) is 5.21. The number of nitrogens with zero attached hydrogens (tertiary/aromatic N) is 1. The van der Waals surface area contributed by atoms with Crippen LogP contribution >= 0.6 is 11.8 Å². The highest BCUT2D eigenvalue weighted by Gasteiger charge is 2.30. The molecule has 1 N–H and O–H groups in total. The first-order valence-corrected chi connectivity index (χ1v) is 8.46. The summed E-state index contributed by atoms with van der Waals surface area (Å²) in [7, 11) is 0. The molecule has 3 nitrogen and oxygen atoms in total. The molecule has 0 amide bonds. The second-order valence-corrected chi connectivity index (χ2v) is 6.63. The highest BCUT2D eigenvalue weighted by Crippen LogP contribution is 2.27. The van der Waals surface area contributed by atoms with Crippen molar-refractivity contribution in [3.8, 4) is 5.75 Å². The van der Waals surface area contributed by atoms with Crippen molar-refractivity contribution in [1.82, 2.24) is 5.32 Å². The van der Waals surface area contributed by atoms with E-state index in [1.165, 1.54) is 31.2 Å². The molecule has 3 rings (SSSR count). The van der Waals surface area contributed by atoms with Gasteiger partial charge in [0.05, 0.1) is 18.7 Å². The number of benzene rings is 1. The quantitative estimate of drug-likeness (QED) is 0.863. The first kappa shape index (κ1) is 13.8. The van der Waals surface area contributed by atoms with Crippen molar-refractivity contribution >= 4 is 16.9 Å². The predicted octanol–water partition coefficient (Wildman–Crippen LogP) is 3.38. The molecule has 1 aliphatic heterocycles. The molecule has 1 aromatic carbocycles. The summed E-state index contributed by atoms with van der Waals surface area (Å²) in [4.78, 5) is 4.78. The van der Waals surface area contributed by atoms with Crippen LogP contribution in [0.1, 0.15) is 31.2 Å². The third-order valence-corrected chi connectivity index (χ3v) is 4.77. The lowest BCUT2D eigenvalue weighted by atomic mass is 9.92. The van der Waals surface area contributed by atoms with Crippen LogP contribution in [0.4, 0.5) is 0 Å². The van der Waals surface area contributed by atoms with Gasteiger partial charge in [-0.05, 0) is 37.5 Å². The maximum absolute atomic E-state index is 5.76. The van der Waals surface area contributed by atoms with Crippen molar-refractivity contribution < 1.29 is 4.74 Å². The number of thioether (sulfide) groups is 1. The van der Waals surface area contributed by atoms with Crippen LogP contribution in [-0.2, 0) is 0 Å². The van der Waals surface area contributed by atoms with E-state index in [9.17, 15) is 0 Å². The summed E-state index contributed by atoms with van der Waals surface area (Å²) in [5.74, 6) is 1.90. The van der Waals surface area contributed by atoms with Crippen molar-refractivity contribution in [2.45, 2.75) is 44.7 Å². The Morgan fingerprint density at radius 3 is 3.10 bits per heavy atom. The number of hydrogen-bond acceptors (Lipinski definition) is 4. The van der Waals surface area contributed by atoms with Crippen molar-refractivity contribution in [2.75, 3.05) is 12.4 Å². The van der Waals surface area contributed by atoms with Crippen LogP contribution in [0.3, 0.4) is 0 Å². The summed E-state index contributed by atoms with van der Waals surface area (Å²) in [6, 6.07) is 9.33. The molecule has 0 unspecified atom stereocenters. The van der Waals surface area contributed by atoms with E-state index in [4.69, 9.17) is 9.73 Å². The third-order valence-electron chi connectivity index (χ3n) is 3.90. The lowest BCUT2D eigenvalue weighted by molar-refractivity contribution is 0.344. The van der Waals surface area contributed by atoms with Crippen LogP contribution in [-0.4, -0.2) is 29.6 Å². The number of fused-ring (bicyclic) bond motifs is 1. The van der Waals surface area contributed by atoms with Crippen LogP contribution in [0.5, 0.6) is 5.75 Å². The molecule has 2 atom stereocenters. The number of nitrogens with one attached hydrogen (secondary N) is 1. The molecule has 0 radical (unpaired) electrons. The van der Waals surface area contributed by atoms with Gasteiger partial charge in [0.2, 0.25) is 0 Å². The molecule has 2 aliphatic rings. The van der Waals surface area contributed by atoms with Crippen molar-refractivity contribution in [1.29, 1.82) is 0 Å². The zero-order valence-electron chi connectivity index (χ0n) is 12.0. The van der Waals surface area contributed by atoms with E-state index in [-0.39, 0.29) is 0 Å². The number of aryl methyl sites for hydroxylation is 1. The third kappa shape index (κ3) is 3.48. The van der Waals surface area contributed by atoms with Crippen molar-refractivity contribution in [3.63, 3.8) is 0 Å². The average Bonchev–Trinajstić information content (AvgIpc) is 2.86. The highest BCUT2D eigenvalue weighted by atomic mass is 32.2. The minimum Gasteiger partial charge on any atom is -0.493 e. The van der Waals surface area contributed by atoms with E-state index >= 15 is 0 Å². The maximum Gasteiger partial charge on any atom is 0.157 e. The van der Waals surface area contributed by atoms with Gasteiger partial charge in [-0.3, -0.25) is 4.99 Å².